The van der Waals surface area contributed by atoms with E-state index in [-0.39, 0.29) is 23.1 Å². The molecule has 0 saturated carbocycles. The van der Waals surface area contributed by atoms with Crippen LogP contribution in [0.15, 0.2) is 54.6 Å². The molecule has 1 aliphatic heterocycles. The molecule has 0 unspecified atom stereocenters. The first-order valence-corrected chi connectivity index (χ1v) is 9.60. The summed E-state index contributed by atoms with van der Waals surface area (Å²) in [7, 11) is 0. The van der Waals surface area contributed by atoms with Crippen molar-refractivity contribution in [2.45, 2.75) is 18.9 Å². The average molecular weight is 391 g/mol. The number of rotatable bonds is 5. The molecule has 0 aromatic heterocycles. The van der Waals surface area contributed by atoms with Crippen molar-refractivity contribution in [3.63, 3.8) is 0 Å². The lowest BCUT2D eigenvalue weighted by Gasteiger charge is -2.14. The standard InChI is InChI=1S/C23H22FN3O2/c24-20-12-21(25)19(11-18(20)23(28)27-13-17-6-3-9-29-17)22(26)16-8-7-14-4-1-2-5-15(14)10-16/h1-2,4-5,7-8,10-12,17,26H,3,6,9,13,25H2,(H,27,28)/t17-/m1/s1. The van der Waals surface area contributed by atoms with E-state index < -0.39 is 11.7 Å². The molecule has 3 aromatic carbocycles. The lowest BCUT2D eigenvalue weighted by atomic mass is 9.96. The maximum absolute atomic E-state index is 14.4. The third-order valence-electron chi connectivity index (χ3n) is 5.21. The Morgan fingerprint density at radius 2 is 1.93 bits per heavy atom. The molecule has 0 radical (unpaired) electrons. The van der Waals surface area contributed by atoms with Crippen LogP contribution in [0.4, 0.5) is 10.1 Å². The van der Waals surface area contributed by atoms with Crippen molar-refractivity contribution in [1.82, 2.24) is 5.32 Å². The van der Waals surface area contributed by atoms with Gasteiger partial charge in [0.25, 0.3) is 5.91 Å². The third kappa shape index (κ3) is 3.98. The molecule has 6 heteroatoms. The van der Waals surface area contributed by atoms with Crippen molar-refractivity contribution in [2.24, 2.45) is 0 Å². The number of nitrogen functional groups attached to an aromatic ring is 1. The van der Waals surface area contributed by atoms with E-state index in [4.69, 9.17) is 15.9 Å². The highest BCUT2D eigenvalue weighted by Gasteiger charge is 2.20. The number of nitrogens with one attached hydrogen (secondary N) is 2. The molecular weight excluding hydrogens is 369 g/mol. The van der Waals surface area contributed by atoms with Gasteiger partial charge in [0.2, 0.25) is 0 Å². The predicted octanol–water partition coefficient (Wildman–Crippen LogP) is 3.89. The summed E-state index contributed by atoms with van der Waals surface area (Å²) >= 11 is 0. The molecule has 1 atom stereocenters. The smallest absolute Gasteiger partial charge is 0.254 e. The van der Waals surface area contributed by atoms with E-state index in [1.807, 2.05) is 42.5 Å². The molecule has 1 heterocycles. The van der Waals surface area contributed by atoms with Gasteiger partial charge in [0.15, 0.2) is 0 Å². The summed E-state index contributed by atoms with van der Waals surface area (Å²) in [6, 6.07) is 15.9. The maximum atomic E-state index is 14.4. The number of hydrogen-bond acceptors (Lipinski definition) is 4. The topological polar surface area (TPSA) is 88.2 Å². The summed E-state index contributed by atoms with van der Waals surface area (Å²) in [6.45, 7) is 1.02. The molecule has 29 heavy (non-hydrogen) atoms. The van der Waals surface area contributed by atoms with E-state index in [1.54, 1.807) is 0 Å². The molecule has 5 nitrogen and oxygen atoms in total. The van der Waals surface area contributed by atoms with Gasteiger partial charge in [0.05, 0.1) is 17.4 Å². The lowest BCUT2D eigenvalue weighted by Crippen LogP contribution is -2.32. The fraction of sp³-hybridized carbons (Fsp3) is 0.217. The second-order valence-electron chi connectivity index (χ2n) is 7.20. The van der Waals surface area contributed by atoms with Crippen LogP contribution < -0.4 is 11.1 Å². The van der Waals surface area contributed by atoms with Gasteiger partial charge in [-0.15, -0.1) is 0 Å². The minimum atomic E-state index is -0.706. The van der Waals surface area contributed by atoms with Crippen molar-refractivity contribution in [2.75, 3.05) is 18.9 Å². The Morgan fingerprint density at radius 1 is 1.14 bits per heavy atom. The quantitative estimate of drug-likeness (QED) is 0.455. The fourth-order valence-corrected chi connectivity index (χ4v) is 3.59. The third-order valence-corrected chi connectivity index (χ3v) is 5.21. The molecule has 148 valence electrons. The summed E-state index contributed by atoms with van der Waals surface area (Å²) in [5, 5.41) is 13.3. The van der Waals surface area contributed by atoms with Gasteiger partial charge < -0.3 is 15.8 Å². The summed E-state index contributed by atoms with van der Waals surface area (Å²) in [6.07, 6.45) is 1.80. The van der Waals surface area contributed by atoms with Crippen molar-refractivity contribution in [3.8, 4) is 0 Å². The molecule has 4 rings (SSSR count). The minimum Gasteiger partial charge on any atom is -0.398 e. The van der Waals surface area contributed by atoms with E-state index in [1.165, 1.54) is 6.07 Å². The highest BCUT2D eigenvalue weighted by molar-refractivity contribution is 6.16. The van der Waals surface area contributed by atoms with Crippen molar-refractivity contribution < 1.29 is 13.9 Å². The van der Waals surface area contributed by atoms with Gasteiger partial charge in [-0.25, -0.2) is 4.39 Å². The summed E-state index contributed by atoms with van der Waals surface area (Å²) in [5.74, 6) is -1.24. The number of carbonyl (C=O) groups is 1. The second kappa shape index (κ2) is 8.01. The number of amides is 1. The molecule has 0 spiro atoms. The van der Waals surface area contributed by atoms with Gasteiger partial charge in [0, 0.05) is 30.0 Å². The number of nitrogens with two attached hydrogens (primary N) is 1. The molecule has 0 aliphatic carbocycles. The Morgan fingerprint density at radius 3 is 2.69 bits per heavy atom. The highest BCUT2D eigenvalue weighted by Crippen LogP contribution is 2.24. The first kappa shape index (κ1) is 19.1. The number of hydrogen-bond donors (Lipinski definition) is 3. The number of ether oxygens (including phenoxy) is 1. The van der Waals surface area contributed by atoms with Gasteiger partial charge in [-0.3, -0.25) is 10.2 Å². The number of carbonyl (C=O) groups excluding carboxylic acids is 1. The number of benzene rings is 3. The van der Waals surface area contributed by atoms with Crippen LogP contribution in [-0.4, -0.2) is 30.9 Å². The van der Waals surface area contributed by atoms with E-state index in [0.717, 1.165) is 29.7 Å². The summed E-state index contributed by atoms with van der Waals surface area (Å²) < 4.78 is 19.9. The molecule has 1 aliphatic rings. The van der Waals surface area contributed by atoms with Crippen LogP contribution in [0.2, 0.25) is 0 Å². The molecule has 3 aromatic rings. The SMILES string of the molecule is N=C(c1ccc2ccccc2c1)c1cc(C(=O)NC[C@H]2CCCO2)c(F)cc1N. The molecule has 0 bridgehead atoms. The van der Waals surface area contributed by atoms with Crippen LogP contribution in [-0.2, 0) is 4.74 Å². The van der Waals surface area contributed by atoms with Crippen LogP contribution in [0.3, 0.4) is 0 Å². The van der Waals surface area contributed by atoms with E-state index in [9.17, 15) is 9.18 Å². The number of anilines is 1. The zero-order chi connectivity index (χ0) is 20.4. The summed E-state index contributed by atoms with van der Waals surface area (Å²) in [4.78, 5) is 12.5. The predicted molar refractivity (Wildman–Crippen MR) is 112 cm³/mol. The highest BCUT2D eigenvalue weighted by atomic mass is 19.1. The van der Waals surface area contributed by atoms with E-state index >= 15 is 0 Å². The zero-order valence-electron chi connectivity index (χ0n) is 15.9. The Hall–Kier alpha value is -3.25. The summed E-state index contributed by atoms with van der Waals surface area (Å²) in [5.41, 5.74) is 7.09. The maximum Gasteiger partial charge on any atom is 0.254 e. The van der Waals surface area contributed by atoms with E-state index in [0.29, 0.717) is 24.3 Å². The molecule has 1 amide bonds. The van der Waals surface area contributed by atoms with Crippen molar-refractivity contribution in [1.29, 1.82) is 5.41 Å². The number of fused-ring (bicyclic) bond motifs is 1. The Balaban J connectivity index is 1.61. The molecular formula is C23H22FN3O2. The van der Waals surface area contributed by atoms with Gasteiger partial charge >= 0.3 is 0 Å². The molecule has 1 saturated heterocycles. The normalized spacial score (nSPS) is 16.1. The second-order valence-corrected chi connectivity index (χ2v) is 7.20. The van der Waals surface area contributed by atoms with Crippen LogP contribution in [0.25, 0.3) is 10.8 Å². The lowest BCUT2D eigenvalue weighted by molar-refractivity contribution is 0.0854. The zero-order valence-corrected chi connectivity index (χ0v) is 15.9. The van der Waals surface area contributed by atoms with Crippen molar-refractivity contribution >= 4 is 28.1 Å². The monoisotopic (exact) mass is 391 g/mol. The Bertz CT molecular complexity index is 1090. The van der Waals surface area contributed by atoms with Crippen LogP contribution in [0.5, 0.6) is 0 Å². The van der Waals surface area contributed by atoms with Crippen LogP contribution >= 0.6 is 0 Å². The van der Waals surface area contributed by atoms with Crippen LogP contribution in [0.1, 0.15) is 34.3 Å². The van der Waals surface area contributed by atoms with Crippen LogP contribution in [0, 0.1) is 11.2 Å². The first-order chi connectivity index (χ1) is 14.0. The average Bonchev–Trinajstić information content (AvgIpc) is 3.25. The van der Waals surface area contributed by atoms with Gasteiger partial charge in [0.1, 0.15) is 5.82 Å². The Kier molecular flexibility index (Phi) is 5.27. The Labute approximate surface area is 168 Å². The minimum absolute atomic E-state index is 0.0360. The van der Waals surface area contributed by atoms with Gasteiger partial charge in [-0.05, 0) is 41.8 Å². The van der Waals surface area contributed by atoms with Gasteiger partial charge in [-0.1, -0.05) is 36.4 Å². The largest absolute Gasteiger partial charge is 0.398 e. The molecule has 1 fully saturated rings. The van der Waals surface area contributed by atoms with Crippen molar-refractivity contribution in [3.05, 3.63) is 77.1 Å². The first-order valence-electron chi connectivity index (χ1n) is 9.60. The fourth-order valence-electron chi connectivity index (χ4n) is 3.59. The number of halogens is 1. The van der Waals surface area contributed by atoms with E-state index in [2.05, 4.69) is 5.32 Å². The van der Waals surface area contributed by atoms with Gasteiger partial charge in [-0.2, -0.15) is 0 Å². The molecule has 4 N–H and O–H groups in total.